The molecule has 1 aromatic heterocycles. The summed E-state index contributed by atoms with van der Waals surface area (Å²) in [6.45, 7) is 8.92. The van der Waals surface area contributed by atoms with E-state index in [1.54, 1.807) is 0 Å². The Morgan fingerprint density at radius 2 is 2.14 bits per heavy atom. The van der Waals surface area contributed by atoms with E-state index in [1.165, 1.54) is 6.42 Å². The number of fused-ring (bicyclic) bond motifs is 1. The van der Waals surface area contributed by atoms with Crippen molar-refractivity contribution in [3.63, 3.8) is 0 Å². The van der Waals surface area contributed by atoms with Gasteiger partial charge in [0.25, 0.3) is 5.91 Å². The van der Waals surface area contributed by atoms with E-state index >= 15 is 0 Å². The van der Waals surface area contributed by atoms with E-state index < -0.39 is 0 Å². The average molecular weight is 288 g/mol. The van der Waals surface area contributed by atoms with Crippen LogP contribution in [0, 0.1) is 5.92 Å². The number of carbonyl (C=O) groups excluding carboxylic acids is 1. The number of aromatic amines is 1. The second-order valence-corrected chi connectivity index (χ2v) is 6.42. The second-order valence-electron chi connectivity index (χ2n) is 6.42. The summed E-state index contributed by atoms with van der Waals surface area (Å²) in [5.74, 6) is 0.774. The molecule has 2 aliphatic heterocycles. The van der Waals surface area contributed by atoms with Gasteiger partial charge in [-0.25, -0.2) is 0 Å². The highest BCUT2D eigenvalue weighted by atomic mass is 16.2. The fourth-order valence-electron chi connectivity index (χ4n) is 2.95. The predicted octanol–water partition coefficient (Wildman–Crippen LogP) is 1.83. The van der Waals surface area contributed by atoms with Gasteiger partial charge in [-0.15, -0.1) is 0 Å². The fraction of sp³-hybridized carbons (Fsp3) is 0.625. The largest absolute Gasteiger partial charge is 0.330 e. The van der Waals surface area contributed by atoms with Crippen molar-refractivity contribution < 1.29 is 4.79 Å². The van der Waals surface area contributed by atoms with Gasteiger partial charge in [-0.3, -0.25) is 14.8 Å². The molecule has 3 heterocycles. The van der Waals surface area contributed by atoms with E-state index in [1.807, 2.05) is 17.1 Å². The summed E-state index contributed by atoms with van der Waals surface area (Å²) in [5, 5.41) is 7.37. The number of nitrogens with zero attached hydrogens (tertiary/aromatic N) is 3. The molecule has 0 saturated carbocycles. The van der Waals surface area contributed by atoms with Crippen LogP contribution in [0.25, 0.3) is 0 Å². The molecule has 2 aliphatic rings. The summed E-state index contributed by atoms with van der Waals surface area (Å²) >= 11 is 0. The molecule has 0 fully saturated rings. The van der Waals surface area contributed by atoms with Crippen molar-refractivity contribution in [3.8, 4) is 0 Å². The normalized spacial score (nSPS) is 18.5. The Labute approximate surface area is 126 Å². The Bertz CT molecular complexity index is 538. The van der Waals surface area contributed by atoms with E-state index in [0.717, 1.165) is 37.3 Å². The van der Waals surface area contributed by atoms with Crippen LogP contribution >= 0.6 is 0 Å². The van der Waals surface area contributed by atoms with Crippen molar-refractivity contribution in [2.24, 2.45) is 5.92 Å². The zero-order valence-corrected chi connectivity index (χ0v) is 12.9. The van der Waals surface area contributed by atoms with E-state index in [-0.39, 0.29) is 5.91 Å². The lowest BCUT2D eigenvalue weighted by atomic mass is 10.0. The molecule has 1 amide bonds. The zero-order valence-electron chi connectivity index (χ0n) is 12.9. The molecule has 0 spiro atoms. The van der Waals surface area contributed by atoms with Gasteiger partial charge in [-0.1, -0.05) is 26.0 Å². The topological polar surface area (TPSA) is 52.2 Å². The minimum atomic E-state index is 0.0585. The molecule has 5 heteroatoms. The minimum absolute atomic E-state index is 0.0585. The highest BCUT2D eigenvalue weighted by Gasteiger charge is 2.28. The van der Waals surface area contributed by atoms with Crippen LogP contribution in [-0.2, 0) is 13.0 Å². The summed E-state index contributed by atoms with van der Waals surface area (Å²) in [5.41, 5.74) is 2.89. The summed E-state index contributed by atoms with van der Waals surface area (Å²) in [7, 11) is 0. The molecule has 114 valence electrons. The van der Waals surface area contributed by atoms with Crippen molar-refractivity contribution in [3.05, 3.63) is 29.1 Å². The number of aromatic nitrogens is 2. The third-order valence-corrected chi connectivity index (χ3v) is 4.34. The van der Waals surface area contributed by atoms with Gasteiger partial charge in [0.2, 0.25) is 0 Å². The van der Waals surface area contributed by atoms with Gasteiger partial charge >= 0.3 is 0 Å². The number of nitrogens with one attached hydrogen (secondary N) is 1. The van der Waals surface area contributed by atoms with E-state index in [9.17, 15) is 4.79 Å². The number of rotatable bonds is 4. The zero-order chi connectivity index (χ0) is 14.8. The minimum Gasteiger partial charge on any atom is -0.330 e. The maximum atomic E-state index is 12.5. The lowest BCUT2D eigenvalue weighted by Gasteiger charge is -2.27. The van der Waals surface area contributed by atoms with E-state index in [0.29, 0.717) is 24.7 Å². The number of H-pyrrole nitrogens is 1. The molecular formula is C16H24N4O. The quantitative estimate of drug-likeness (QED) is 0.860. The third-order valence-electron chi connectivity index (χ3n) is 4.34. The molecule has 3 rings (SSSR count). The highest BCUT2D eigenvalue weighted by molar-refractivity contribution is 5.94. The smallest absolute Gasteiger partial charge is 0.275 e. The Morgan fingerprint density at radius 3 is 2.86 bits per heavy atom. The van der Waals surface area contributed by atoms with Crippen molar-refractivity contribution in [2.45, 2.75) is 33.2 Å². The number of carbonyl (C=O) groups is 1. The monoisotopic (exact) mass is 288 g/mol. The fourth-order valence-corrected chi connectivity index (χ4v) is 2.95. The molecule has 0 aromatic carbocycles. The maximum Gasteiger partial charge on any atom is 0.275 e. The first kappa shape index (κ1) is 14.3. The number of hydrogen-bond acceptors (Lipinski definition) is 3. The third kappa shape index (κ3) is 3.02. The van der Waals surface area contributed by atoms with Crippen molar-refractivity contribution in [2.75, 3.05) is 26.2 Å². The molecule has 1 aromatic rings. The Kier molecular flexibility index (Phi) is 4.10. The highest BCUT2D eigenvalue weighted by Crippen LogP contribution is 2.22. The van der Waals surface area contributed by atoms with Gasteiger partial charge in [-0.05, 0) is 18.9 Å². The maximum absolute atomic E-state index is 12.5. The lowest BCUT2D eigenvalue weighted by Crippen LogP contribution is -2.34. The van der Waals surface area contributed by atoms with Crippen molar-refractivity contribution in [1.82, 2.24) is 20.0 Å². The first-order valence-corrected chi connectivity index (χ1v) is 7.88. The lowest BCUT2D eigenvalue weighted by molar-refractivity contribution is 0.0791. The Hall–Kier alpha value is -1.62. The van der Waals surface area contributed by atoms with Gasteiger partial charge in [-0.2, -0.15) is 5.10 Å². The Morgan fingerprint density at radius 1 is 1.38 bits per heavy atom. The second kappa shape index (κ2) is 6.02. The number of amides is 1. The standard InChI is InChI=1S/C16H24N4O/c1-12(2)5-9-19-10-6-14-13(11-19)15(18-17-14)16(21)20-7-3-4-8-20/h3-4,12H,5-11H2,1-2H3,(H,17,18). The molecule has 0 radical (unpaired) electrons. The van der Waals surface area contributed by atoms with Crippen LogP contribution in [-0.4, -0.2) is 52.1 Å². The van der Waals surface area contributed by atoms with Crippen LogP contribution in [0.15, 0.2) is 12.2 Å². The predicted molar refractivity (Wildman–Crippen MR) is 82.1 cm³/mol. The summed E-state index contributed by atoms with van der Waals surface area (Å²) in [6.07, 6.45) is 6.23. The van der Waals surface area contributed by atoms with Crippen molar-refractivity contribution in [1.29, 1.82) is 0 Å². The van der Waals surface area contributed by atoms with E-state index in [2.05, 4.69) is 28.9 Å². The van der Waals surface area contributed by atoms with Crippen LogP contribution in [0.3, 0.4) is 0 Å². The van der Waals surface area contributed by atoms with Gasteiger partial charge < -0.3 is 4.90 Å². The van der Waals surface area contributed by atoms with Crippen molar-refractivity contribution >= 4 is 5.91 Å². The number of hydrogen-bond donors (Lipinski definition) is 1. The van der Waals surface area contributed by atoms with Gasteiger partial charge in [0.05, 0.1) is 0 Å². The van der Waals surface area contributed by atoms with Crippen LogP contribution in [0.1, 0.15) is 42.0 Å². The van der Waals surface area contributed by atoms with E-state index in [4.69, 9.17) is 0 Å². The molecule has 21 heavy (non-hydrogen) atoms. The molecule has 5 nitrogen and oxygen atoms in total. The SMILES string of the molecule is CC(C)CCN1CCc2[nH]nc(C(=O)N3CC=CC3)c2C1. The average Bonchev–Trinajstić information content (AvgIpc) is 3.13. The Balaban J connectivity index is 1.71. The molecule has 0 aliphatic carbocycles. The summed E-state index contributed by atoms with van der Waals surface area (Å²) in [4.78, 5) is 16.8. The summed E-state index contributed by atoms with van der Waals surface area (Å²) < 4.78 is 0. The summed E-state index contributed by atoms with van der Waals surface area (Å²) in [6, 6.07) is 0. The molecule has 0 atom stereocenters. The first-order valence-electron chi connectivity index (χ1n) is 7.88. The molecule has 1 N–H and O–H groups in total. The van der Waals surface area contributed by atoms with Gasteiger partial charge in [0.1, 0.15) is 0 Å². The molecule has 0 bridgehead atoms. The molecule has 0 unspecified atom stereocenters. The molecular weight excluding hydrogens is 264 g/mol. The van der Waals surface area contributed by atoms with Crippen LogP contribution in [0.2, 0.25) is 0 Å². The van der Waals surface area contributed by atoms with Crippen LogP contribution in [0.5, 0.6) is 0 Å². The van der Waals surface area contributed by atoms with Gasteiger partial charge in [0, 0.05) is 43.9 Å². The van der Waals surface area contributed by atoms with Crippen LogP contribution < -0.4 is 0 Å². The first-order chi connectivity index (χ1) is 10.1. The van der Waals surface area contributed by atoms with Gasteiger partial charge in [0.15, 0.2) is 5.69 Å². The van der Waals surface area contributed by atoms with Crippen LogP contribution in [0.4, 0.5) is 0 Å². The molecule has 0 saturated heterocycles.